The summed E-state index contributed by atoms with van der Waals surface area (Å²) in [5.41, 5.74) is 0.218. The molecule has 0 spiro atoms. The van der Waals surface area contributed by atoms with Crippen molar-refractivity contribution >= 4 is 12.5 Å². The molecule has 0 saturated carbocycles. The standard InChI is InChI=1S/C9H7F2NO/c10-8-2-1-7(9(11)5-8)3-4-12-6-13/h1-6H,(H,12,13)/b4-3+. The van der Waals surface area contributed by atoms with Crippen molar-refractivity contribution in [1.29, 1.82) is 0 Å². The monoisotopic (exact) mass is 183 g/mol. The van der Waals surface area contributed by atoms with E-state index in [9.17, 15) is 13.6 Å². The third-order valence-electron chi connectivity index (χ3n) is 1.39. The van der Waals surface area contributed by atoms with Crippen molar-refractivity contribution in [2.24, 2.45) is 0 Å². The Morgan fingerprint density at radius 1 is 1.31 bits per heavy atom. The number of carbonyl (C=O) groups is 1. The highest BCUT2D eigenvalue weighted by atomic mass is 19.1. The maximum absolute atomic E-state index is 12.9. The lowest BCUT2D eigenvalue weighted by atomic mass is 10.2. The van der Waals surface area contributed by atoms with E-state index in [-0.39, 0.29) is 5.56 Å². The molecule has 0 saturated heterocycles. The molecule has 0 fully saturated rings. The topological polar surface area (TPSA) is 29.1 Å². The maximum Gasteiger partial charge on any atom is 0.211 e. The van der Waals surface area contributed by atoms with E-state index >= 15 is 0 Å². The Hall–Kier alpha value is -1.71. The highest BCUT2D eigenvalue weighted by Gasteiger charge is 1.98. The highest BCUT2D eigenvalue weighted by Crippen LogP contribution is 2.10. The van der Waals surface area contributed by atoms with Crippen LogP contribution in [0.4, 0.5) is 8.78 Å². The molecule has 0 aliphatic rings. The molecule has 0 aliphatic heterocycles. The minimum absolute atomic E-state index is 0.218. The number of rotatable bonds is 3. The molecule has 0 aromatic heterocycles. The molecule has 1 aromatic rings. The summed E-state index contributed by atoms with van der Waals surface area (Å²) >= 11 is 0. The van der Waals surface area contributed by atoms with Gasteiger partial charge in [0.15, 0.2) is 0 Å². The molecule has 68 valence electrons. The lowest BCUT2D eigenvalue weighted by molar-refractivity contribution is -0.108. The van der Waals surface area contributed by atoms with Gasteiger partial charge in [0.2, 0.25) is 6.41 Å². The first kappa shape index (κ1) is 9.38. The molecule has 1 aromatic carbocycles. The van der Waals surface area contributed by atoms with Gasteiger partial charge in [-0.1, -0.05) is 0 Å². The zero-order valence-electron chi connectivity index (χ0n) is 6.63. The van der Waals surface area contributed by atoms with E-state index in [2.05, 4.69) is 5.32 Å². The molecular formula is C9H7F2NO. The van der Waals surface area contributed by atoms with Gasteiger partial charge in [0, 0.05) is 17.8 Å². The third-order valence-corrected chi connectivity index (χ3v) is 1.39. The predicted molar refractivity (Wildman–Crippen MR) is 44.6 cm³/mol. The number of nitrogens with one attached hydrogen (secondary N) is 1. The Bertz CT molecular complexity index is 336. The number of hydrogen-bond donors (Lipinski definition) is 1. The average molecular weight is 183 g/mol. The van der Waals surface area contributed by atoms with Crippen molar-refractivity contribution in [3.8, 4) is 0 Å². The molecule has 0 radical (unpaired) electrons. The van der Waals surface area contributed by atoms with Gasteiger partial charge >= 0.3 is 0 Å². The molecule has 0 atom stereocenters. The molecule has 1 amide bonds. The first-order chi connectivity index (χ1) is 6.24. The summed E-state index contributed by atoms with van der Waals surface area (Å²) in [4.78, 5) is 9.82. The minimum Gasteiger partial charge on any atom is -0.335 e. The van der Waals surface area contributed by atoms with Crippen molar-refractivity contribution in [3.63, 3.8) is 0 Å². The summed E-state index contributed by atoms with van der Waals surface area (Å²) in [6, 6.07) is 3.21. The summed E-state index contributed by atoms with van der Waals surface area (Å²) in [5.74, 6) is -1.29. The van der Waals surface area contributed by atoms with Crippen molar-refractivity contribution in [3.05, 3.63) is 41.6 Å². The van der Waals surface area contributed by atoms with E-state index < -0.39 is 11.6 Å². The van der Waals surface area contributed by atoms with Gasteiger partial charge in [-0.3, -0.25) is 4.79 Å². The Balaban J connectivity index is 2.83. The molecule has 0 heterocycles. The van der Waals surface area contributed by atoms with Crippen molar-refractivity contribution in [2.75, 3.05) is 0 Å². The lowest BCUT2D eigenvalue weighted by Gasteiger charge is -1.95. The van der Waals surface area contributed by atoms with E-state index in [4.69, 9.17) is 0 Å². The fraction of sp³-hybridized carbons (Fsp3) is 0. The van der Waals surface area contributed by atoms with Crippen LogP contribution < -0.4 is 5.32 Å². The second-order valence-electron chi connectivity index (χ2n) is 2.28. The molecule has 1 N–H and O–H groups in total. The molecule has 0 unspecified atom stereocenters. The maximum atomic E-state index is 12.9. The van der Waals surface area contributed by atoms with Crippen LogP contribution in [0.2, 0.25) is 0 Å². The van der Waals surface area contributed by atoms with Gasteiger partial charge in [0.05, 0.1) is 0 Å². The number of hydrogen-bond acceptors (Lipinski definition) is 1. The summed E-state index contributed by atoms with van der Waals surface area (Å²) in [6.45, 7) is 0. The van der Waals surface area contributed by atoms with Gasteiger partial charge in [0.1, 0.15) is 11.6 Å². The normalized spacial score (nSPS) is 10.3. The third kappa shape index (κ3) is 2.66. The zero-order valence-corrected chi connectivity index (χ0v) is 6.63. The molecular weight excluding hydrogens is 176 g/mol. The quantitative estimate of drug-likeness (QED) is 0.709. The van der Waals surface area contributed by atoms with Gasteiger partial charge in [-0.05, 0) is 18.2 Å². The van der Waals surface area contributed by atoms with Crippen molar-refractivity contribution in [1.82, 2.24) is 5.32 Å². The van der Waals surface area contributed by atoms with Crippen LogP contribution in [-0.4, -0.2) is 6.41 Å². The van der Waals surface area contributed by atoms with Crippen LogP contribution >= 0.6 is 0 Å². The van der Waals surface area contributed by atoms with E-state index in [0.717, 1.165) is 12.1 Å². The van der Waals surface area contributed by atoms with Crippen molar-refractivity contribution < 1.29 is 13.6 Å². The summed E-state index contributed by atoms with van der Waals surface area (Å²) in [7, 11) is 0. The SMILES string of the molecule is O=CN/C=C/c1ccc(F)cc1F. The number of carbonyl (C=O) groups excluding carboxylic acids is 1. The van der Waals surface area contributed by atoms with Crippen molar-refractivity contribution in [2.45, 2.75) is 0 Å². The number of benzene rings is 1. The molecule has 0 bridgehead atoms. The Morgan fingerprint density at radius 2 is 2.08 bits per heavy atom. The largest absolute Gasteiger partial charge is 0.335 e. The van der Waals surface area contributed by atoms with E-state index in [1.165, 1.54) is 18.3 Å². The second kappa shape index (κ2) is 4.35. The van der Waals surface area contributed by atoms with Gasteiger partial charge in [0.25, 0.3) is 0 Å². The molecule has 13 heavy (non-hydrogen) atoms. The molecule has 0 aliphatic carbocycles. The number of amides is 1. The predicted octanol–water partition coefficient (Wildman–Crippen LogP) is 1.68. The Kier molecular flexibility index (Phi) is 3.14. The van der Waals surface area contributed by atoms with Crippen LogP contribution in [0, 0.1) is 11.6 Å². The van der Waals surface area contributed by atoms with E-state index in [1.54, 1.807) is 0 Å². The van der Waals surface area contributed by atoms with Crippen LogP contribution in [0.1, 0.15) is 5.56 Å². The zero-order chi connectivity index (χ0) is 9.68. The van der Waals surface area contributed by atoms with Crippen LogP contribution in [0.3, 0.4) is 0 Å². The number of halogens is 2. The highest BCUT2D eigenvalue weighted by molar-refractivity contribution is 5.55. The fourth-order valence-electron chi connectivity index (χ4n) is 0.814. The summed E-state index contributed by atoms with van der Waals surface area (Å²) < 4.78 is 25.3. The first-order valence-electron chi connectivity index (χ1n) is 3.55. The Labute approximate surface area is 73.9 Å². The van der Waals surface area contributed by atoms with Crippen LogP contribution in [0.25, 0.3) is 6.08 Å². The van der Waals surface area contributed by atoms with E-state index in [0.29, 0.717) is 6.41 Å². The molecule has 4 heteroatoms. The fourth-order valence-corrected chi connectivity index (χ4v) is 0.814. The van der Waals surface area contributed by atoms with Crippen LogP contribution in [0.15, 0.2) is 24.4 Å². The van der Waals surface area contributed by atoms with Gasteiger partial charge < -0.3 is 5.32 Å². The van der Waals surface area contributed by atoms with Gasteiger partial charge in [-0.25, -0.2) is 8.78 Å². The van der Waals surface area contributed by atoms with Crippen LogP contribution in [-0.2, 0) is 4.79 Å². The first-order valence-corrected chi connectivity index (χ1v) is 3.55. The summed E-state index contributed by atoms with van der Waals surface area (Å²) in [5, 5.41) is 2.22. The lowest BCUT2D eigenvalue weighted by Crippen LogP contribution is -1.98. The van der Waals surface area contributed by atoms with E-state index in [1.807, 2.05) is 0 Å². The van der Waals surface area contributed by atoms with Crippen LogP contribution in [0.5, 0.6) is 0 Å². The molecule has 1 rings (SSSR count). The Morgan fingerprint density at radius 3 is 2.69 bits per heavy atom. The minimum atomic E-state index is -0.663. The average Bonchev–Trinajstić information content (AvgIpc) is 2.09. The summed E-state index contributed by atoms with van der Waals surface area (Å²) in [6.07, 6.45) is 3.06. The smallest absolute Gasteiger partial charge is 0.211 e. The second-order valence-corrected chi connectivity index (χ2v) is 2.28. The van der Waals surface area contributed by atoms with Gasteiger partial charge in [-0.2, -0.15) is 0 Å². The molecule has 2 nitrogen and oxygen atoms in total. The van der Waals surface area contributed by atoms with Gasteiger partial charge in [-0.15, -0.1) is 0 Å².